The number of benzene rings is 10. The molecule has 3 nitrogen and oxygen atoms in total. The predicted octanol–water partition coefficient (Wildman–Crippen LogP) is 16.6. The summed E-state index contributed by atoms with van der Waals surface area (Å²) in [5, 5.41) is 10.0. The number of ether oxygens (including phenoxy) is 1. The fourth-order valence-corrected chi connectivity index (χ4v) is 12.0. The molecule has 316 valence electrons. The minimum absolute atomic E-state index is 0.851. The highest BCUT2D eigenvalue weighted by atomic mass is 28.3. The van der Waals surface area contributed by atoms with E-state index in [-0.39, 0.29) is 0 Å². The number of anilines is 6. The average molecular weight is 873 g/mol. The van der Waals surface area contributed by atoms with Crippen LogP contribution in [0.3, 0.4) is 0 Å². The van der Waals surface area contributed by atoms with Gasteiger partial charge >= 0.3 is 0 Å². The van der Waals surface area contributed by atoms with Crippen LogP contribution in [0.25, 0.3) is 54.6 Å². The Bertz CT molecular complexity index is 3390. The predicted molar refractivity (Wildman–Crippen MR) is 285 cm³/mol. The zero-order chi connectivity index (χ0) is 44.5. The number of fused-ring (bicyclic) bond motifs is 6. The van der Waals surface area contributed by atoms with E-state index in [1.165, 1.54) is 54.0 Å². The van der Waals surface area contributed by atoms with E-state index < -0.39 is 16.1 Å². The smallest absolute Gasteiger partial charge is 0.137 e. The molecule has 0 saturated carbocycles. The molecule has 0 aromatic heterocycles. The summed E-state index contributed by atoms with van der Waals surface area (Å²) in [5.74, 6) is 1.72. The van der Waals surface area contributed by atoms with Crippen molar-refractivity contribution in [3.63, 3.8) is 0 Å². The number of hydrogen-bond acceptors (Lipinski definition) is 3. The normalized spacial score (nSPS) is 12.3. The molecule has 0 radical (unpaired) electrons. The third-order valence-corrected chi connectivity index (χ3v) is 17.3. The SMILES string of the molecule is C[Si](C)(C)c1ccc(N(c2ccccc2)c2ccc3c(c2)Oc2cccc4c2c-3cc2c3cc(-c5ccccc5)ccc3c(N(c3ccccc3)c3ccc([Si](C)(C)C)cc3)cc42)cc1. The number of para-hydroxylation sites is 2. The second kappa shape index (κ2) is 15.8. The minimum atomic E-state index is -1.51. The summed E-state index contributed by atoms with van der Waals surface area (Å²) in [6, 6.07) is 75.9. The average Bonchev–Trinajstić information content (AvgIpc) is 3.32. The van der Waals surface area contributed by atoms with Crippen molar-refractivity contribution >= 4 is 93.0 Å². The molecular formula is C60H52N2OSi2. The van der Waals surface area contributed by atoms with Crippen LogP contribution in [0.15, 0.2) is 206 Å². The molecule has 1 aliphatic heterocycles. The van der Waals surface area contributed by atoms with Crippen LogP contribution in [0.2, 0.25) is 39.3 Å². The lowest BCUT2D eigenvalue weighted by molar-refractivity contribution is 0.487. The molecule has 0 amide bonds. The molecule has 10 aromatic carbocycles. The zero-order valence-corrected chi connectivity index (χ0v) is 39.9. The van der Waals surface area contributed by atoms with Gasteiger partial charge in [0, 0.05) is 50.8 Å². The maximum Gasteiger partial charge on any atom is 0.137 e. The van der Waals surface area contributed by atoms with E-state index in [1.807, 2.05) is 0 Å². The Hall–Kier alpha value is -7.19. The number of hydrogen-bond donors (Lipinski definition) is 0. The highest BCUT2D eigenvalue weighted by Crippen LogP contribution is 2.53. The molecule has 1 heterocycles. The molecule has 0 aliphatic carbocycles. The van der Waals surface area contributed by atoms with Crippen LogP contribution in [-0.4, -0.2) is 16.1 Å². The molecule has 0 unspecified atom stereocenters. The first kappa shape index (κ1) is 40.6. The molecule has 0 atom stereocenters. The molecule has 10 aromatic rings. The van der Waals surface area contributed by atoms with E-state index >= 15 is 0 Å². The summed E-state index contributed by atoms with van der Waals surface area (Å²) in [6.07, 6.45) is 0. The van der Waals surface area contributed by atoms with Crippen molar-refractivity contribution < 1.29 is 4.74 Å². The molecule has 65 heavy (non-hydrogen) atoms. The van der Waals surface area contributed by atoms with Crippen LogP contribution in [0.1, 0.15) is 0 Å². The first-order chi connectivity index (χ1) is 31.5. The van der Waals surface area contributed by atoms with Crippen molar-refractivity contribution in [2.24, 2.45) is 0 Å². The summed E-state index contributed by atoms with van der Waals surface area (Å²) >= 11 is 0. The Morgan fingerprint density at radius 2 is 0.846 bits per heavy atom. The van der Waals surface area contributed by atoms with E-state index in [2.05, 4.69) is 255 Å². The molecule has 0 bridgehead atoms. The summed E-state index contributed by atoms with van der Waals surface area (Å²) in [5.41, 5.74) is 11.3. The van der Waals surface area contributed by atoms with Crippen LogP contribution < -0.4 is 24.9 Å². The first-order valence-corrected chi connectivity index (χ1v) is 29.7. The van der Waals surface area contributed by atoms with Gasteiger partial charge in [-0.1, -0.05) is 165 Å². The van der Waals surface area contributed by atoms with Crippen LogP contribution in [-0.2, 0) is 0 Å². The van der Waals surface area contributed by atoms with Crippen molar-refractivity contribution in [1.29, 1.82) is 0 Å². The maximum absolute atomic E-state index is 7.02. The largest absolute Gasteiger partial charge is 0.456 e. The third-order valence-electron chi connectivity index (χ3n) is 13.1. The standard InChI is InChI=1S/C60H52N2OSi2/c1-64(2,3)48-31-26-45(27-32-48)61(43-19-12-8-13-20-43)47-30-36-51-56-39-54-53-37-42(41-17-10-7-11-18-41)25-35-50(53)57(40-55(54)52-23-16-24-58(60(52)56)63-59(51)38-47)62(44-21-14-9-15-22-44)46-28-33-49(34-29-46)65(4,5)6/h7-40H,1-6H3. The lowest BCUT2D eigenvalue weighted by atomic mass is 9.87. The van der Waals surface area contributed by atoms with E-state index in [0.717, 1.165) is 56.6 Å². The van der Waals surface area contributed by atoms with Crippen molar-refractivity contribution in [2.45, 2.75) is 39.3 Å². The van der Waals surface area contributed by atoms with Crippen LogP contribution in [0.5, 0.6) is 11.5 Å². The van der Waals surface area contributed by atoms with E-state index in [1.54, 1.807) is 0 Å². The Kier molecular flexibility index (Phi) is 9.87. The number of rotatable bonds is 9. The topological polar surface area (TPSA) is 15.7 Å². The summed E-state index contributed by atoms with van der Waals surface area (Å²) < 4.78 is 7.02. The second-order valence-corrected chi connectivity index (χ2v) is 29.6. The van der Waals surface area contributed by atoms with Gasteiger partial charge in [-0.15, -0.1) is 0 Å². The van der Waals surface area contributed by atoms with Gasteiger partial charge in [-0.25, -0.2) is 0 Å². The lowest BCUT2D eigenvalue weighted by Crippen LogP contribution is -2.37. The maximum atomic E-state index is 7.02. The Morgan fingerprint density at radius 3 is 1.46 bits per heavy atom. The van der Waals surface area contributed by atoms with Gasteiger partial charge in [-0.05, 0) is 123 Å². The molecule has 5 heteroatoms. The van der Waals surface area contributed by atoms with Gasteiger partial charge in [0.05, 0.1) is 21.8 Å². The van der Waals surface area contributed by atoms with Crippen molar-refractivity contribution in [3.05, 3.63) is 206 Å². The van der Waals surface area contributed by atoms with Crippen molar-refractivity contribution in [3.8, 4) is 33.8 Å². The molecule has 11 rings (SSSR count). The van der Waals surface area contributed by atoms with Gasteiger partial charge in [0.15, 0.2) is 0 Å². The van der Waals surface area contributed by atoms with Crippen LogP contribution >= 0.6 is 0 Å². The first-order valence-electron chi connectivity index (χ1n) is 22.7. The van der Waals surface area contributed by atoms with Gasteiger partial charge in [-0.2, -0.15) is 0 Å². The molecule has 0 N–H and O–H groups in total. The molecule has 1 aliphatic rings. The summed E-state index contributed by atoms with van der Waals surface area (Å²) in [4.78, 5) is 4.78. The summed E-state index contributed by atoms with van der Waals surface area (Å²) in [6.45, 7) is 14.4. The van der Waals surface area contributed by atoms with E-state index in [0.29, 0.717) is 0 Å². The molecule has 0 spiro atoms. The van der Waals surface area contributed by atoms with E-state index in [9.17, 15) is 0 Å². The quantitative estimate of drug-likeness (QED) is 0.106. The van der Waals surface area contributed by atoms with Gasteiger partial charge in [0.2, 0.25) is 0 Å². The minimum Gasteiger partial charge on any atom is -0.456 e. The van der Waals surface area contributed by atoms with Gasteiger partial charge in [-0.3, -0.25) is 0 Å². The van der Waals surface area contributed by atoms with Gasteiger partial charge in [0.25, 0.3) is 0 Å². The van der Waals surface area contributed by atoms with E-state index in [4.69, 9.17) is 4.74 Å². The van der Waals surface area contributed by atoms with Crippen LogP contribution in [0, 0.1) is 0 Å². The highest BCUT2D eigenvalue weighted by molar-refractivity contribution is 6.89. The van der Waals surface area contributed by atoms with Gasteiger partial charge in [0.1, 0.15) is 11.5 Å². The monoisotopic (exact) mass is 872 g/mol. The van der Waals surface area contributed by atoms with Crippen molar-refractivity contribution in [2.75, 3.05) is 9.80 Å². The Labute approximate surface area is 384 Å². The third kappa shape index (κ3) is 7.31. The Morgan fingerprint density at radius 1 is 0.323 bits per heavy atom. The number of nitrogens with zero attached hydrogens (tertiary/aromatic N) is 2. The summed E-state index contributed by atoms with van der Waals surface area (Å²) in [7, 11) is -2.98. The molecule has 0 fully saturated rings. The Balaban J connectivity index is 1.14. The fourth-order valence-electron chi connectivity index (χ4n) is 9.67. The highest BCUT2D eigenvalue weighted by Gasteiger charge is 2.27. The molecule has 0 saturated heterocycles. The fraction of sp³-hybridized carbons (Fsp3) is 0.100. The zero-order valence-electron chi connectivity index (χ0n) is 37.9. The second-order valence-electron chi connectivity index (χ2n) is 19.4. The van der Waals surface area contributed by atoms with Crippen LogP contribution in [0.4, 0.5) is 34.1 Å². The van der Waals surface area contributed by atoms with Crippen molar-refractivity contribution in [1.82, 2.24) is 0 Å². The lowest BCUT2D eigenvalue weighted by Gasteiger charge is -2.30. The molecular weight excluding hydrogens is 821 g/mol. The van der Waals surface area contributed by atoms with Gasteiger partial charge < -0.3 is 14.5 Å².